The molecular formula is C27H30BrN2O3S+. The molecule has 5 nitrogen and oxygen atoms in total. The van der Waals surface area contributed by atoms with Gasteiger partial charge in [0.15, 0.2) is 5.71 Å². The van der Waals surface area contributed by atoms with Gasteiger partial charge in [0, 0.05) is 46.0 Å². The summed E-state index contributed by atoms with van der Waals surface area (Å²) in [5.74, 6) is 0. The van der Waals surface area contributed by atoms with Crippen molar-refractivity contribution in [2.75, 3.05) is 19.0 Å². The maximum Gasteiger partial charge on any atom is 0.294 e. The highest BCUT2D eigenvalue weighted by Gasteiger charge is 2.42. The Balaban J connectivity index is 1.64. The van der Waals surface area contributed by atoms with Gasteiger partial charge in [-0.2, -0.15) is 13.0 Å². The first-order chi connectivity index (χ1) is 15.8. The van der Waals surface area contributed by atoms with Crippen molar-refractivity contribution in [1.82, 2.24) is 0 Å². The third-order valence-corrected chi connectivity index (χ3v) is 8.42. The molecule has 0 fully saturated rings. The van der Waals surface area contributed by atoms with Crippen LogP contribution in [0.4, 0.5) is 11.4 Å². The predicted molar refractivity (Wildman–Crippen MR) is 142 cm³/mol. The lowest BCUT2D eigenvalue weighted by atomic mass is 9.81. The molecule has 2 aliphatic rings. The fourth-order valence-electron chi connectivity index (χ4n) is 5.15. The van der Waals surface area contributed by atoms with Crippen LogP contribution in [0.25, 0.3) is 0 Å². The number of fused-ring (bicyclic) bond motifs is 2. The molecule has 2 aromatic rings. The number of likely N-dealkylation sites (N-methyl/N-ethyl adjacent to an activating group) is 1. The maximum atomic E-state index is 11.6. The molecule has 0 bridgehead atoms. The number of rotatable bonds is 4. The average molecular weight is 543 g/mol. The van der Waals surface area contributed by atoms with Crippen molar-refractivity contribution in [1.29, 1.82) is 0 Å². The van der Waals surface area contributed by atoms with Crippen LogP contribution >= 0.6 is 15.9 Å². The quantitative estimate of drug-likeness (QED) is 0.289. The Morgan fingerprint density at radius 3 is 2.38 bits per heavy atom. The van der Waals surface area contributed by atoms with E-state index in [2.05, 4.69) is 96.6 Å². The molecule has 0 aliphatic carbocycles. The monoisotopic (exact) mass is 541 g/mol. The van der Waals surface area contributed by atoms with Gasteiger partial charge in [0.05, 0.1) is 10.3 Å². The highest BCUT2D eigenvalue weighted by molar-refractivity contribution is 9.11. The van der Waals surface area contributed by atoms with E-state index >= 15 is 0 Å². The summed E-state index contributed by atoms with van der Waals surface area (Å²) >= 11 is 3.68. The summed E-state index contributed by atoms with van der Waals surface area (Å²) in [6.45, 7) is 8.58. The van der Waals surface area contributed by atoms with Crippen molar-refractivity contribution in [3.8, 4) is 0 Å². The Bertz CT molecular complexity index is 1410. The molecule has 0 unspecified atom stereocenters. The minimum atomic E-state index is -4.26. The number of para-hydroxylation sites is 1. The average Bonchev–Trinajstić information content (AvgIpc) is 3.08. The lowest BCUT2D eigenvalue weighted by Gasteiger charge is -2.23. The standard InChI is InChI=1S/C27H29BrN2O3S/c1-26(2)20-9-7-8-10-22(20)29(5)24(26)15-11-18(28)12-16-25-27(3,4)21-17-19(34(31,32)33)13-14-23(21)30(25)6/h7-17H,1-6H3/p+1. The maximum absolute atomic E-state index is 11.6. The molecule has 1 N–H and O–H groups in total. The summed E-state index contributed by atoms with van der Waals surface area (Å²) in [6, 6.07) is 13.2. The largest absolute Gasteiger partial charge is 0.347 e. The van der Waals surface area contributed by atoms with Gasteiger partial charge in [0.1, 0.15) is 7.05 Å². The van der Waals surface area contributed by atoms with Crippen LogP contribution in [-0.4, -0.2) is 37.4 Å². The second-order valence-corrected chi connectivity index (χ2v) is 12.2. The number of hydrogen-bond donors (Lipinski definition) is 1. The van der Waals surface area contributed by atoms with Crippen molar-refractivity contribution in [2.45, 2.75) is 43.4 Å². The van der Waals surface area contributed by atoms with E-state index in [1.54, 1.807) is 12.1 Å². The molecule has 0 atom stereocenters. The van der Waals surface area contributed by atoms with E-state index in [0.29, 0.717) is 0 Å². The van der Waals surface area contributed by atoms with E-state index in [1.807, 2.05) is 19.2 Å². The SMILES string of the molecule is CN1C(=CC=C(Br)C=CC2=[N+](C)c3ccccc3C2(C)C)C(C)(C)c2cc(S(=O)(=O)O)ccc21. The molecule has 0 radical (unpaired) electrons. The van der Waals surface area contributed by atoms with Crippen LogP contribution in [0, 0.1) is 0 Å². The van der Waals surface area contributed by atoms with E-state index in [4.69, 9.17) is 0 Å². The van der Waals surface area contributed by atoms with Crippen molar-refractivity contribution < 1.29 is 17.5 Å². The first-order valence-corrected chi connectivity index (χ1v) is 13.3. The summed E-state index contributed by atoms with van der Waals surface area (Å²) in [6.07, 6.45) is 8.26. The number of allylic oxidation sites excluding steroid dienone is 6. The molecule has 34 heavy (non-hydrogen) atoms. The van der Waals surface area contributed by atoms with Crippen LogP contribution in [0.2, 0.25) is 0 Å². The summed E-state index contributed by atoms with van der Waals surface area (Å²) in [4.78, 5) is 1.97. The van der Waals surface area contributed by atoms with E-state index in [-0.39, 0.29) is 10.3 Å². The molecule has 0 saturated carbocycles. The van der Waals surface area contributed by atoms with Crippen molar-refractivity contribution >= 4 is 43.1 Å². The van der Waals surface area contributed by atoms with Gasteiger partial charge in [-0.05, 0) is 55.8 Å². The number of anilines is 1. The lowest BCUT2D eigenvalue weighted by molar-refractivity contribution is -0.401. The van der Waals surface area contributed by atoms with Gasteiger partial charge in [-0.1, -0.05) is 48.0 Å². The summed E-state index contributed by atoms with van der Waals surface area (Å²) in [7, 11) is -0.194. The van der Waals surface area contributed by atoms with Gasteiger partial charge in [0.2, 0.25) is 5.69 Å². The molecule has 178 valence electrons. The van der Waals surface area contributed by atoms with E-state index < -0.39 is 15.5 Å². The van der Waals surface area contributed by atoms with Crippen molar-refractivity contribution in [2.24, 2.45) is 0 Å². The van der Waals surface area contributed by atoms with E-state index in [1.165, 1.54) is 23.0 Å². The number of nitrogens with zero attached hydrogens (tertiary/aromatic N) is 2. The van der Waals surface area contributed by atoms with Crippen molar-refractivity contribution in [3.05, 3.63) is 88.1 Å². The lowest BCUT2D eigenvalue weighted by Crippen LogP contribution is -2.26. The molecule has 0 saturated heterocycles. The van der Waals surface area contributed by atoms with Crippen LogP contribution in [0.5, 0.6) is 0 Å². The van der Waals surface area contributed by atoms with Gasteiger partial charge in [-0.25, -0.2) is 0 Å². The van der Waals surface area contributed by atoms with Gasteiger partial charge >= 0.3 is 0 Å². The minimum absolute atomic E-state index is 0.0880. The van der Waals surface area contributed by atoms with E-state index in [9.17, 15) is 13.0 Å². The Morgan fingerprint density at radius 1 is 1.06 bits per heavy atom. The predicted octanol–water partition coefficient (Wildman–Crippen LogP) is 6.09. The van der Waals surface area contributed by atoms with E-state index in [0.717, 1.165) is 21.4 Å². The Labute approximate surface area is 210 Å². The smallest absolute Gasteiger partial charge is 0.294 e. The number of halogens is 1. The molecule has 0 aromatic heterocycles. The van der Waals surface area contributed by atoms with Crippen LogP contribution in [0.3, 0.4) is 0 Å². The normalized spacial score (nSPS) is 20.4. The Hall–Kier alpha value is -2.48. The molecule has 7 heteroatoms. The Kier molecular flexibility index (Phi) is 6.03. The van der Waals surface area contributed by atoms with Gasteiger partial charge < -0.3 is 4.90 Å². The molecular weight excluding hydrogens is 512 g/mol. The second-order valence-electron chi connectivity index (χ2n) is 9.86. The van der Waals surface area contributed by atoms with Crippen LogP contribution in [-0.2, 0) is 20.9 Å². The zero-order chi connectivity index (χ0) is 25.1. The highest BCUT2D eigenvalue weighted by atomic mass is 79.9. The van der Waals surface area contributed by atoms with Crippen LogP contribution in [0.15, 0.2) is 81.8 Å². The summed E-state index contributed by atoms with van der Waals surface area (Å²) in [5, 5.41) is 0. The van der Waals surface area contributed by atoms with Crippen LogP contribution < -0.4 is 4.90 Å². The zero-order valence-electron chi connectivity index (χ0n) is 20.3. The third-order valence-electron chi connectivity index (χ3n) is 7.04. The van der Waals surface area contributed by atoms with Gasteiger partial charge in [0.25, 0.3) is 10.1 Å². The molecule has 2 aliphatic heterocycles. The Morgan fingerprint density at radius 2 is 1.74 bits per heavy atom. The van der Waals surface area contributed by atoms with Gasteiger partial charge in [-0.3, -0.25) is 4.55 Å². The van der Waals surface area contributed by atoms with Gasteiger partial charge in [-0.15, -0.1) is 0 Å². The third kappa shape index (κ3) is 4.00. The van der Waals surface area contributed by atoms with Crippen molar-refractivity contribution in [3.63, 3.8) is 0 Å². The highest BCUT2D eigenvalue weighted by Crippen LogP contribution is 2.47. The first kappa shape index (κ1) is 24.6. The first-order valence-electron chi connectivity index (χ1n) is 11.1. The number of hydrogen-bond acceptors (Lipinski definition) is 3. The fraction of sp³-hybridized carbons (Fsp3) is 0.296. The molecule has 0 spiro atoms. The minimum Gasteiger partial charge on any atom is -0.347 e. The molecule has 0 amide bonds. The molecule has 4 rings (SSSR count). The second kappa shape index (κ2) is 8.33. The summed E-state index contributed by atoms with van der Waals surface area (Å²) in [5.41, 5.74) is 6.05. The number of benzene rings is 2. The zero-order valence-corrected chi connectivity index (χ0v) is 22.7. The van der Waals surface area contributed by atoms with Crippen LogP contribution in [0.1, 0.15) is 38.8 Å². The molecule has 2 aromatic carbocycles. The topological polar surface area (TPSA) is 60.6 Å². The molecule has 2 heterocycles. The fourth-order valence-corrected chi connectivity index (χ4v) is 5.92. The summed E-state index contributed by atoms with van der Waals surface area (Å²) < 4.78 is 35.9.